The van der Waals surface area contributed by atoms with E-state index in [9.17, 15) is 9.59 Å². The summed E-state index contributed by atoms with van der Waals surface area (Å²) in [5.74, 6) is -2.08. The number of hydrogen-bond donors (Lipinski definition) is 2. The number of anilines is 1. The van der Waals surface area contributed by atoms with Crippen LogP contribution in [0.1, 0.15) is 26.7 Å². The Hall–Kier alpha value is -2.27. The van der Waals surface area contributed by atoms with Gasteiger partial charge >= 0.3 is 5.97 Å². The van der Waals surface area contributed by atoms with Gasteiger partial charge in [0.15, 0.2) is 5.76 Å². The Morgan fingerprint density at radius 2 is 1.89 bits per heavy atom. The summed E-state index contributed by atoms with van der Waals surface area (Å²) >= 11 is 5.81. The zero-order valence-electron chi connectivity index (χ0n) is 9.94. The third-order valence-electron chi connectivity index (χ3n) is 2.48. The third kappa shape index (κ3) is 2.95. The van der Waals surface area contributed by atoms with Crippen LogP contribution in [0, 0.1) is 6.92 Å². The second kappa shape index (κ2) is 5.16. The SMILES string of the molecule is Cc1cc(Cl)ccc1NC(=O)c1ccc(C(=O)O)o1. The van der Waals surface area contributed by atoms with Crippen molar-refractivity contribution in [1.29, 1.82) is 0 Å². The van der Waals surface area contributed by atoms with Crippen molar-refractivity contribution in [3.63, 3.8) is 0 Å². The van der Waals surface area contributed by atoms with Crippen LogP contribution < -0.4 is 5.32 Å². The lowest BCUT2D eigenvalue weighted by Crippen LogP contribution is -2.11. The molecule has 6 heteroatoms. The lowest BCUT2D eigenvalue weighted by molar-refractivity contribution is 0.0660. The zero-order valence-corrected chi connectivity index (χ0v) is 10.7. The number of carbonyl (C=O) groups excluding carboxylic acids is 1. The van der Waals surface area contributed by atoms with E-state index in [1.807, 2.05) is 0 Å². The maximum absolute atomic E-state index is 11.9. The summed E-state index contributed by atoms with van der Waals surface area (Å²) in [5, 5.41) is 11.9. The first-order valence-corrected chi connectivity index (χ1v) is 5.76. The van der Waals surface area contributed by atoms with Gasteiger partial charge in [-0.1, -0.05) is 11.6 Å². The van der Waals surface area contributed by atoms with Crippen molar-refractivity contribution in [2.45, 2.75) is 6.92 Å². The second-order valence-electron chi connectivity index (χ2n) is 3.88. The van der Waals surface area contributed by atoms with Crippen molar-refractivity contribution in [2.24, 2.45) is 0 Å². The number of rotatable bonds is 3. The monoisotopic (exact) mass is 279 g/mol. The molecule has 98 valence electrons. The predicted molar refractivity (Wildman–Crippen MR) is 69.8 cm³/mol. The van der Waals surface area contributed by atoms with Gasteiger partial charge in [0.2, 0.25) is 5.76 Å². The van der Waals surface area contributed by atoms with Gasteiger partial charge < -0.3 is 14.8 Å². The van der Waals surface area contributed by atoms with Gasteiger partial charge in [0, 0.05) is 10.7 Å². The van der Waals surface area contributed by atoms with Crippen LogP contribution in [0.2, 0.25) is 5.02 Å². The largest absolute Gasteiger partial charge is 0.475 e. The molecule has 0 unspecified atom stereocenters. The van der Waals surface area contributed by atoms with Gasteiger partial charge in [-0.05, 0) is 42.8 Å². The Kier molecular flexibility index (Phi) is 3.57. The molecule has 0 fully saturated rings. The molecule has 0 bridgehead atoms. The highest BCUT2D eigenvalue weighted by molar-refractivity contribution is 6.30. The van der Waals surface area contributed by atoms with Crippen molar-refractivity contribution in [2.75, 3.05) is 5.32 Å². The van der Waals surface area contributed by atoms with E-state index in [1.165, 1.54) is 12.1 Å². The van der Waals surface area contributed by atoms with Crippen LogP contribution in [0.4, 0.5) is 5.69 Å². The summed E-state index contributed by atoms with van der Waals surface area (Å²) in [6.07, 6.45) is 0. The standard InChI is InChI=1S/C13H10ClNO4/c1-7-6-8(14)2-3-9(7)15-12(16)10-4-5-11(19-10)13(17)18/h2-6H,1H3,(H,15,16)(H,17,18). The highest BCUT2D eigenvalue weighted by atomic mass is 35.5. The number of furan rings is 1. The fraction of sp³-hybridized carbons (Fsp3) is 0.0769. The Morgan fingerprint density at radius 3 is 2.47 bits per heavy atom. The van der Waals surface area contributed by atoms with Crippen molar-refractivity contribution in [3.05, 3.63) is 52.4 Å². The fourth-order valence-corrected chi connectivity index (χ4v) is 1.75. The fourth-order valence-electron chi connectivity index (χ4n) is 1.53. The van der Waals surface area contributed by atoms with Gasteiger partial charge in [-0.3, -0.25) is 4.79 Å². The van der Waals surface area contributed by atoms with E-state index < -0.39 is 11.9 Å². The number of hydrogen-bond acceptors (Lipinski definition) is 3. The maximum atomic E-state index is 11.9. The van der Waals surface area contributed by atoms with E-state index in [1.54, 1.807) is 25.1 Å². The Labute approximate surface area is 113 Å². The van der Waals surface area contributed by atoms with Gasteiger partial charge in [-0.25, -0.2) is 4.79 Å². The Balaban J connectivity index is 2.18. The summed E-state index contributed by atoms with van der Waals surface area (Å²) in [6.45, 7) is 1.80. The molecule has 1 aromatic heterocycles. The van der Waals surface area contributed by atoms with Crippen molar-refractivity contribution >= 4 is 29.2 Å². The molecule has 5 nitrogen and oxygen atoms in total. The molecule has 1 heterocycles. The average Bonchev–Trinajstić information content (AvgIpc) is 2.82. The van der Waals surface area contributed by atoms with Crippen LogP contribution >= 0.6 is 11.6 Å². The van der Waals surface area contributed by atoms with E-state index in [2.05, 4.69) is 5.32 Å². The number of benzene rings is 1. The topological polar surface area (TPSA) is 79.5 Å². The van der Waals surface area contributed by atoms with Gasteiger partial charge in [-0.15, -0.1) is 0 Å². The van der Waals surface area contributed by atoms with E-state index in [0.717, 1.165) is 5.56 Å². The number of halogens is 1. The number of aryl methyl sites for hydroxylation is 1. The van der Waals surface area contributed by atoms with E-state index in [-0.39, 0.29) is 11.5 Å². The van der Waals surface area contributed by atoms with E-state index in [4.69, 9.17) is 21.1 Å². The number of carboxylic acid groups (broad SMARTS) is 1. The number of carboxylic acids is 1. The first-order valence-electron chi connectivity index (χ1n) is 5.38. The molecular weight excluding hydrogens is 270 g/mol. The summed E-state index contributed by atoms with van der Waals surface area (Å²) in [6, 6.07) is 7.56. The lowest BCUT2D eigenvalue weighted by atomic mass is 10.2. The van der Waals surface area contributed by atoms with Crippen molar-refractivity contribution in [1.82, 2.24) is 0 Å². The molecule has 0 aliphatic carbocycles. The van der Waals surface area contributed by atoms with Crippen LogP contribution in [0.25, 0.3) is 0 Å². The van der Waals surface area contributed by atoms with Crippen LogP contribution in [-0.2, 0) is 0 Å². The molecule has 0 aliphatic rings. The van der Waals surface area contributed by atoms with Crippen molar-refractivity contribution < 1.29 is 19.1 Å². The third-order valence-corrected chi connectivity index (χ3v) is 2.71. The molecule has 1 aromatic carbocycles. The van der Waals surface area contributed by atoms with Crippen LogP contribution in [0.15, 0.2) is 34.7 Å². The second-order valence-corrected chi connectivity index (χ2v) is 4.32. The quantitative estimate of drug-likeness (QED) is 0.904. The normalized spacial score (nSPS) is 10.2. The minimum Gasteiger partial charge on any atom is -0.475 e. The molecule has 0 aliphatic heterocycles. The lowest BCUT2D eigenvalue weighted by Gasteiger charge is -2.06. The summed E-state index contributed by atoms with van der Waals surface area (Å²) in [5.41, 5.74) is 1.38. The average molecular weight is 280 g/mol. The minimum atomic E-state index is -1.22. The summed E-state index contributed by atoms with van der Waals surface area (Å²) < 4.78 is 4.91. The molecule has 19 heavy (non-hydrogen) atoms. The smallest absolute Gasteiger partial charge is 0.371 e. The molecule has 0 radical (unpaired) electrons. The highest BCUT2D eigenvalue weighted by Crippen LogP contribution is 2.20. The minimum absolute atomic E-state index is 0.0632. The maximum Gasteiger partial charge on any atom is 0.371 e. The van der Waals surface area contributed by atoms with E-state index >= 15 is 0 Å². The Morgan fingerprint density at radius 1 is 1.21 bits per heavy atom. The molecule has 0 atom stereocenters. The molecule has 0 saturated heterocycles. The van der Waals surface area contributed by atoms with Gasteiger partial charge in [-0.2, -0.15) is 0 Å². The van der Waals surface area contributed by atoms with Crippen LogP contribution in [-0.4, -0.2) is 17.0 Å². The highest BCUT2D eigenvalue weighted by Gasteiger charge is 2.15. The van der Waals surface area contributed by atoms with Gasteiger partial charge in [0.1, 0.15) is 0 Å². The number of carbonyl (C=O) groups is 2. The molecule has 1 amide bonds. The molecule has 2 aromatic rings. The predicted octanol–water partition coefficient (Wildman–Crippen LogP) is 3.19. The number of amides is 1. The molecule has 2 N–H and O–H groups in total. The molecule has 0 saturated carbocycles. The molecule has 0 spiro atoms. The number of nitrogens with one attached hydrogen (secondary N) is 1. The Bertz CT molecular complexity index is 648. The summed E-state index contributed by atoms with van der Waals surface area (Å²) in [4.78, 5) is 22.5. The molecular formula is C13H10ClNO4. The first-order chi connectivity index (χ1) is 8.97. The van der Waals surface area contributed by atoms with Gasteiger partial charge in [0.25, 0.3) is 5.91 Å². The number of aromatic carboxylic acids is 1. The first kappa shape index (κ1) is 13.2. The zero-order chi connectivity index (χ0) is 14.0. The van der Waals surface area contributed by atoms with Crippen LogP contribution in [0.5, 0.6) is 0 Å². The summed E-state index contributed by atoms with van der Waals surface area (Å²) in [7, 11) is 0. The van der Waals surface area contributed by atoms with Crippen molar-refractivity contribution in [3.8, 4) is 0 Å². The van der Waals surface area contributed by atoms with E-state index in [0.29, 0.717) is 10.7 Å². The molecule has 2 rings (SSSR count). The van der Waals surface area contributed by atoms with Gasteiger partial charge in [0.05, 0.1) is 0 Å². The van der Waals surface area contributed by atoms with Crippen LogP contribution in [0.3, 0.4) is 0 Å².